The molecule has 0 aromatic heterocycles. The molecule has 0 amide bonds. The Morgan fingerprint density at radius 2 is 0.923 bits per heavy atom. The minimum Gasteiger partial charge on any atom is -0.356 e. The smallest absolute Gasteiger partial charge is 0.191 e. The van der Waals surface area contributed by atoms with E-state index in [-0.39, 0.29) is 34.0 Å². The van der Waals surface area contributed by atoms with E-state index >= 15 is 0 Å². The summed E-state index contributed by atoms with van der Waals surface area (Å²) in [7, 11) is 0. The zero-order valence-corrected chi connectivity index (χ0v) is 19.5. The maximum Gasteiger partial charge on any atom is 0.191 e. The summed E-state index contributed by atoms with van der Waals surface area (Å²) >= 11 is 0. The molecule has 0 bridgehead atoms. The van der Waals surface area contributed by atoms with Crippen LogP contribution in [0.5, 0.6) is 0 Å². The predicted molar refractivity (Wildman–Crippen MR) is 123 cm³/mol. The van der Waals surface area contributed by atoms with Gasteiger partial charge in [-0.3, -0.25) is 9.98 Å². The Balaban J connectivity index is 0.00000312. The Morgan fingerprint density at radius 1 is 0.577 bits per heavy atom. The van der Waals surface area contributed by atoms with Gasteiger partial charge in [-0.2, -0.15) is 0 Å². The van der Waals surface area contributed by atoms with E-state index in [1.165, 1.54) is 64.2 Å². The number of hydrogen-bond acceptors (Lipinski definition) is 6. The molecule has 0 spiro atoms. The van der Waals surface area contributed by atoms with E-state index in [1.54, 1.807) is 0 Å². The average Bonchev–Trinajstić information content (AvgIpc) is 3.28. The first-order valence-corrected chi connectivity index (χ1v) is 9.99. The molecular formula is C18H38Br2N6. The molecule has 0 aromatic rings. The fourth-order valence-electron chi connectivity index (χ4n) is 3.11. The van der Waals surface area contributed by atoms with Crippen LogP contribution in [0, 0.1) is 0 Å². The van der Waals surface area contributed by atoms with Crippen LogP contribution < -0.4 is 21.3 Å². The van der Waals surface area contributed by atoms with Crippen LogP contribution in [-0.4, -0.2) is 51.2 Å². The molecule has 2 aliphatic heterocycles. The molecule has 6 nitrogen and oxygen atoms in total. The average molecular weight is 498 g/mol. The van der Waals surface area contributed by atoms with Crippen LogP contribution in [0.15, 0.2) is 9.98 Å². The molecule has 2 aliphatic rings. The maximum atomic E-state index is 4.33. The van der Waals surface area contributed by atoms with E-state index in [2.05, 4.69) is 31.3 Å². The summed E-state index contributed by atoms with van der Waals surface area (Å²) in [5.74, 6) is 2.00. The normalized spacial score (nSPS) is 15.1. The van der Waals surface area contributed by atoms with Crippen LogP contribution in [0.3, 0.4) is 0 Å². The zero-order valence-electron chi connectivity index (χ0n) is 16.0. The topological polar surface area (TPSA) is 72.8 Å². The van der Waals surface area contributed by atoms with Crippen LogP contribution in [0.1, 0.15) is 64.2 Å². The van der Waals surface area contributed by atoms with Crippen molar-refractivity contribution in [2.45, 2.75) is 64.2 Å². The lowest BCUT2D eigenvalue weighted by Crippen LogP contribution is -2.34. The number of unbranched alkanes of at least 4 members (excludes halogenated alkanes) is 9. The Morgan fingerprint density at radius 3 is 1.23 bits per heavy atom. The SMILES string of the molecule is Br.Br.C(CCCCCCNC1=NCCN1)CCCCCNC1=NCCN1. The second kappa shape index (κ2) is 17.9. The number of nitrogens with zero attached hydrogens (tertiary/aromatic N) is 2. The van der Waals surface area contributed by atoms with Crippen LogP contribution in [-0.2, 0) is 0 Å². The number of hydrogen-bond donors (Lipinski definition) is 4. The highest BCUT2D eigenvalue weighted by molar-refractivity contribution is 8.93. The van der Waals surface area contributed by atoms with Gasteiger partial charge in [0.2, 0.25) is 0 Å². The predicted octanol–water partition coefficient (Wildman–Crippen LogP) is 3.14. The highest BCUT2D eigenvalue weighted by Gasteiger charge is 2.03. The minimum atomic E-state index is 0. The molecule has 0 saturated heterocycles. The number of halogens is 2. The third-order valence-electron chi connectivity index (χ3n) is 4.54. The van der Waals surface area contributed by atoms with Crippen molar-refractivity contribution in [1.29, 1.82) is 0 Å². The van der Waals surface area contributed by atoms with Crippen LogP contribution >= 0.6 is 34.0 Å². The monoisotopic (exact) mass is 496 g/mol. The van der Waals surface area contributed by atoms with Crippen molar-refractivity contribution >= 4 is 45.9 Å². The van der Waals surface area contributed by atoms with Crippen molar-refractivity contribution < 1.29 is 0 Å². The molecule has 154 valence electrons. The van der Waals surface area contributed by atoms with Gasteiger partial charge in [0.15, 0.2) is 11.9 Å². The summed E-state index contributed by atoms with van der Waals surface area (Å²) in [5.41, 5.74) is 0. The molecule has 0 aromatic carbocycles. The van der Waals surface area contributed by atoms with Crippen molar-refractivity contribution in [1.82, 2.24) is 21.3 Å². The third-order valence-corrected chi connectivity index (χ3v) is 4.54. The maximum absolute atomic E-state index is 4.33. The van der Waals surface area contributed by atoms with Crippen LogP contribution in [0.25, 0.3) is 0 Å². The van der Waals surface area contributed by atoms with Crippen molar-refractivity contribution in [3.05, 3.63) is 0 Å². The number of guanidine groups is 2. The van der Waals surface area contributed by atoms with Gasteiger partial charge < -0.3 is 21.3 Å². The van der Waals surface area contributed by atoms with Gasteiger partial charge in [-0.05, 0) is 12.8 Å². The van der Waals surface area contributed by atoms with Gasteiger partial charge in [0.1, 0.15) is 0 Å². The summed E-state index contributed by atoms with van der Waals surface area (Å²) in [4.78, 5) is 8.66. The molecule has 0 saturated carbocycles. The second-order valence-electron chi connectivity index (χ2n) is 6.70. The summed E-state index contributed by atoms with van der Waals surface area (Å²) in [6, 6.07) is 0. The largest absolute Gasteiger partial charge is 0.356 e. The quantitative estimate of drug-likeness (QED) is 0.295. The molecule has 0 fully saturated rings. The van der Waals surface area contributed by atoms with Gasteiger partial charge in [-0.25, -0.2) is 0 Å². The van der Waals surface area contributed by atoms with Gasteiger partial charge in [-0.1, -0.05) is 51.4 Å². The fourth-order valence-corrected chi connectivity index (χ4v) is 3.11. The standard InChI is InChI=1S/C18H36N6.2BrH/c1(3-5-7-9-11-19-17-21-13-14-22-17)2-4-6-8-10-12-20-18-23-15-16-24-18;;/h1-16H2,(H2,19,21,22)(H2,20,23,24);2*1H. The van der Waals surface area contributed by atoms with Crippen molar-refractivity contribution in [2.75, 3.05) is 39.3 Å². The first kappa shape index (κ1) is 25.5. The molecule has 4 N–H and O–H groups in total. The molecular weight excluding hydrogens is 460 g/mol. The number of aliphatic imine (C=N–C) groups is 2. The summed E-state index contributed by atoms with van der Waals surface area (Å²) in [6.45, 7) is 5.94. The molecule has 26 heavy (non-hydrogen) atoms. The number of rotatable bonds is 13. The van der Waals surface area contributed by atoms with Gasteiger partial charge in [0.05, 0.1) is 13.1 Å². The fraction of sp³-hybridized carbons (Fsp3) is 0.889. The van der Waals surface area contributed by atoms with Gasteiger partial charge in [0, 0.05) is 26.2 Å². The molecule has 0 unspecified atom stereocenters. The molecule has 8 heteroatoms. The van der Waals surface area contributed by atoms with E-state index in [1.807, 2.05) is 0 Å². The van der Waals surface area contributed by atoms with E-state index in [9.17, 15) is 0 Å². The highest BCUT2D eigenvalue weighted by Crippen LogP contribution is 2.10. The Hall–Kier alpha value is -0.500. The Bertz CT molecular complexity index is 354. The van der Waals surface area contributed by atoms with Gasteiger partial charge in [0.25, 0.3) is 0 Å². The first-order chi connectivity index (χ1) is 11.9. The molecule has 0 atom stereocenters. The van der Waals surface area contributed by atoms with E-state index in [0.717, 1.165) is 51.2 Å². The second-order valence-corrected chi connectivity index (χ2v) is 6.70. The molecule has 0 radical (unpaired) electrons. The van der Waals surface area contributed by atoms with E-state index in [0.29, 0.717) is 0 Å². The lowest BCUT2D eigenvalue weighted by molar-refractivity contribution is 0.548. The lowest BCUT2D eigenvalue weighted by atomic mass is 10.1. The van der Waals surface area contributed by atoms with Gasteiger partial charge >= 0.3 is 0 Å². The van der Waals surface area contributed by atoms with Crippen molar-refractivity contribution in [3.63, 3.8) is 0 Å². The zero-order chi connectivity index (χ0) is 16.7. The van der Waals surface area contributed by atoms with Crippen LogP contribution in [0.2, 0.25) is 0 Å². The lowest BCUT2D eigenvalue weighted by Gasteiger charge is -2.07. The molecule has 0 aliphatic carbocycles. The molecule has 2 heterocycles. The van der Waals surface area contributed by atoms with Crippen LogP contribution in [0.4, 0.5) is 0 Å². The summed E-state index contributed by atoms with van der Waals surface area (Å²) < 4.78 is 0. The Kier molecular flexibility index (Phi) is 17.5. The van der Waals surface area contributed by atoms with Crippen molar-refractivity contribution in [2.24, 2.45) is 9.98 Å². The van der Waals surface area contributed by atoms with E-state index in [4.69, 9.17) is 0 Å². The van der Waals surface area contributed by atoms with Gasteiger partial charge in [-0.15, -0.1) is 34.0 Å². The minimum absolute atomic E-state index is 0. The number of nitrogens with one attached hydrogen (secondary N) is 4. The first-order valence-electron chi connectivity index (χ1n) is 9.99. The summed E-state index contributed by atoms with van der Waals surface area (Å²) in [6.07, 6.45) is 13.5. The Labute approximate surface area is 180 Å². The third kappa shape index (κ3) is 12.8. The molecule has 2 rings (SSSR count). The van der Waals surface area contributed by atoms with Crippen molar-refractivity contribution in [3.8, 4) is 0 Å². The van der Waals surface area contributed by atoms with E-state index < -0.39 is 0 Å². The highest BCUT2D eigenvalue weighted by atomic mass is 79.9. The summed E-state index contributed by atoms with van der Waals surface area (Å²) in [5, 5.41) is 13.2.